The first-order valence-corrected chi connectivity index (χ1v) is 7.50. The summed E-state index contributed by atoms with van der Waals surface area (Å²) in [5, 5.41) is 1.05. The van der Waals surface area contributed by atoms with Gasteiger partial charge in [0.05, 0.1) is 11.8 Å². The minimum absolute atomic E-state index is 0.277. The van der Waals surface area contributed by atoms with Crippen molar-refractivity contribution in [3.63, 3.8) is 0 Å². The molecule has 0 bridgehead atoms. The van der Waals surface area contributed by atoms with Gasteiger partial charge in [-0.25, -0.2) is 0 Å². The van der Waals surface area contributed by atoms with E-state index in [0.717, 1.165) is 28.0 Å². The third-order valence-corrected chi connectivity index (χ3v) is 3.73. The number of fused-ring (bicyclic) bond motifs is 1. The Morgan fingerprint density at radius 3 is 2.61 bits per heavy atom. The number of nitrogens with zero attached hydrogens (tertiary/aromatic N) is 1. The summed E-state index contributed by atoms with van der Waals surface area (Å²) in [6.45, 7) is 0. The number of hydrogen-bond acceptors (Lipinski definition) is 3. The molecule has 0 aliphatic heterocycles. The lowest BCUT2D eigenvalue weighted by Crippen LogP contribution is -2.08. The second-order valence-electron chi connectivity index (χ2n) is 5.28. The summed E-state index contributed by atoms with van der Waals surface area (Å²) in [4.78, 5) is 4.34. The Morgan fingerprint density at radius 1 is 0.870 bits per heavy atom. The van der Waals surface area contributed by atoms with Crippen molar-refractivity contribution in [1.82, 2.24) is 4.98 Å². The summed E-state index contributed by atoms with van der Waals surface area (Å²) in [5.41, 5.74) is 2.00. The van der Waals surface area contributed by atoms with Gasteiger partial charge in [-0.1, -0.05) is 36.4 Å². The molecule has 0 aliphatic carbocycles. The Hall–Kier alpha value is -3.07. The van der Waals surface area contributed by atoms with Gasteiger partial charge in [-0.15, -0.1) is 0 Å². The molecule has 1 atom stereocenters. The van der Waals surface area contributed by atoms with E-state index in [2.05, 4.69) is 4.98 Å². The van der Waals surface area contributed by atoms with Crippen molar-refractivity contribution in [3.05, 3.63) is 96.6 Å². The third-order valence-electron chi connectivity index (χ3n) is 3.73. The van der Waals surface area contributed by atoms with Gasteiger partial charge in [-0.2, -0.15) is 0 Å². The molecule has 0 spiro atoms. The molecule has 4 rings (SSSR count). The van der Waals surface area contributed by atoms with Crippen LogP contribution >= 0.6 is 0 Å². The predicted octanol–water partition coefficient (Wildman–Crippen LogP) is 5.00. The number of aromatic nitrogens is 1. The fraction of sp³-hybridized carbons (Fsp3) is 0.0500. The van der Waals surface area contributed by atoms with E-state index in [0.29, 0.717) is 0 Å². The topological polar surface area (TPSA) is 35.3 Å². The van der Waals surface area contributed by atoms with E-state index in [1.807, 2.05) is 72.8 Å². The molecule has 0 saturated heterocycles. The van der Waals surface area contributed by atoms with Crippen molar-refractivity contribution < 1.29 is 9.15 Å². The number of rotatable bonds is 4. The molecule has 0 N–H and O–H groups in total. The molecular formula is C20H15NO2. The summed E-state index contributed by atoms with van der Waals surface area (Å²) in [5.74, 6) is 1.57. The zero-order valence-electron chi connectivity index (χ0n) is 12.4. The molecule has 1 unspecified atom stereocenters. The molecule has 2 heterocycles. The number of furan rings is 1. The van der Waals surface area contributed by atoms with Crippen LogP contribution in [0.15, 0.2) is 89.7 Å². The van der Waals surface area contributed by atoms with Crippen LogP contribution < -0.4 is 4.74 Å². The minimum atomic E-state index is -0.277. The number of hydrogen-bond donors (Lipinski definition) is 0. The fourth-order valence-corrected chi connectivity index (χ4v) is 2.62. The Labute approximate surface area is 134 Å². The van der Waals surface area contributed by atoms with Crippen molar-refractivity contribution in [2.75, 3.05) is 0 Å². The Balaban J connectivity index is 1.72. The highest BCUT2D eigenvalue weighted by molar-refractivity contribution is 5.79. The summed E-state index contributed by atoms with van der Waals surface area (Å²) in [7, 11) is 0. The van der Waals surface area contributed by atoms with Gasteiger partial charge in [0.2, 0.25) is 0 Å². The highest BCUT2D eigenvalue weighted by atomic mass is 16.5. The molecule has 0 amide bonds. The lowest BCUT2D eigenvalue weighted by Gasteiger charge is -2.18. The maximum Gasteiger partial charge on any atom is 0.181 e. The largest absolute Gasteiger partial charge is 0.478 e. The van der Waals surface area contributed by atoms with Crippen molar-refractivity contribution in [1.29, 1.82) is 0 Å². The first-order chi connectivity index (χ1) is 11.4. The van der Waals surface area contributed by atoms with Gasteiger partial charge in [-0.05, 0) is 36.4 Å². The lowest BCUT2D eigenvalue weighted by atomic mass is 10.1. The second-order valence-corrected chi connectivity index (χ2v) is 5.28. The first-order valence-electron chi connectivity index (χ1n) is 7.50. The van der Waals surface area contributed by atoms with Crippen LogP contribution in [0.2, 0.25) is 0 Å². The van der Waals surface area contributed by atoms with Crippen LogP contribution in [0.25, 0.3) is 10.9 Å². The van der Waals surface area contributed by atoms with Gasteiger partial charge >= 0.3 is 0 Å². The SMILES string of the molecule is c1ccc(C(Oc2ccc3ncccc3c2)c2ccco2)cc1. The van der Waals surface area contributed by atoms with E-state index in [1.165, 1.54) is 0 Å². The molecule has 4 aromatic rings. The maximum atomic E-state index is 6.23. The van der Waals surface area contributed by atoms with Gasteiger partial charge in [0.15, 0.2) is 6.10 Å². The summed E-state index contributed by atoms with van der Waals surface area (Å²) < 4.78 is 11.8. The zero-order valence-corrected chi connectivity index (χ0v) is 12.4. The van der Waals surface area contributed by atoms with E-state index in [4.69, 9.17) is 9.15 Å². The van der Waals surface area contributed by atoms with Gasteiger partial charge in [0, 0.05) is 17.1 Å². The van der Waals surface area contributed by atoms with Crippen LogP contribution in [0.4, 0.5) is 0 Å². The number of benzene rings is 2. The second kappa shape index (κ2) is 5.97. The van der Waals surface area contributed by atoms with Crippen LogP contribution in [0.1, 0.15) is 17.4 Å². The van der Waals surface area contributed by atoms with Gasteiger partial charge in [0.25, 0.3) is 0 Å². The molecule has 3 heteroatoms. The summed E-state index contributed by atoms with van der Waals surface area (Å²) in [6, 6.07) is 23.7. The monoisotopic (exact) mass is 301 g/mol. The van der Waals surface area contributed by atoms with Gasteiger partial charge < -0.3 is 9.15 Å². The van der Waals surface area contributed by atoms with E-state index in [-0.39, 0.29) is 6.10 Å². The number of ether oxygens (including phenoxy) is 1. The minimum Gasteiger partial charge on any atom is -0.478 e. The zero-order chi connectivity index (χ0) is 15.5. The maximum absolute atomic E-state index is 6.23. The van der Waals surface area contributed by atoms with Crippen LogP contribution in [0.5, 0.6) is 5.75 Å². The summed E-state index contributed by atoms with van der Waals surface area (Å²) in [6.07, 6.45) is 3.18. The molecule has 112 valence electrons. The van der Waals surface area contributed by atoms with Crippen LogP contribution in [-0.2, 0) is 0 Å². The lowest BCUT2D eigenvalue weighted by molar-refractivity contribution is 0.215. The van der Waals surface area contributed by atoms with E-state index in [1.54, 1.807) is 12.5 Å². The summed E-state index contributed by atoms with van der Waals surface area (Å²) >= 11 is 0. The predicted molar refractivity (Wildman–Crippen MR) is 89.4 cm³/mol. The smallest absolute Gasteiger partial charge is 0.181 e. The molecule has 2 aromatic heterocycles. The molecule has 2 aromatic carbocycles. The normalized spacial score (nSPS) is 12.2. The van der Waals surface area contributed by atoms with Crippen LogP contribution in [-0.4, -0.2) is 4.98 Å². The Morgan fingerprint density at radius 2 is 1.78 bits per heavy atom. The molecule has 0 fully saturated rings. The van der Waals surface area contributed by atoms with E-state index >= 15 is 0 Å². The molecule has 0 aliphatic rings. The van der Waals surface area contributed by atoms with Gasteiger partial charge in [-0.3, -0.25) is 4.98 Å². The first kappa shape index (κ1) is 13.6. The van der Waals surface area contributed by atoms with Crippen LogP contribution in [0.3, 0.4) is 0 Å². The van der Waals surface area contributed by atoms with Crippen molar-refractivity contribution in [2.45, 2.75) is 6.10 Å². The quantitative estimate of drug-likeness (QED) is 0.532. The van der Waals surface area contributed by atoms with E-state index < -0.39 is 0 Å². The van der Waals surface area contributed by atoms with E-state index in [9.17, 15) is 0 Å². The highest BCUT2D eigenvalue weighted by Crippen LogP contribution is 2.30. The molecule has 0 radical (unpaired) electrons. The Kier molecular flexibility index (Phi) is 3.53. The van der Waals surface area contributed by atoms with Crippen molar-refractivity contribution >= 4 is 10.9 Å². The molecule has 3 nitrogen and oxygen atoms in total. The van der Waals surface area contributed by atoms with Crippen LogP contribution in [0, 0.1) is 0 Å². The average molecular weight is 301 g/mol. The van der Waals surface area contributed by atoms with Gasteiger partial charge in [0.1, 0.15) is 11.5 Å². The van der Waals surface area contributed by atoms with Crippen molar-refractivity contribution in [2.24, 2.45) is 0 Å². The molecular weight excluding hydrogens is 286 g/mol. The fourth-order valence-electron chi connectivity index (χ4n) is 2.62. The molecule has 23 heavy (non-hydrogen) atoms. The third kappa shape index (κ3) is 2.81. The average Bonchev–Trinajstić information content (AvgIpc) is 3.14. The Bertz CT molecular complexity index is 901. The highest BCUT2D eigenvalue weighted by Gasteiger charge is 2.18. The molecule has 0 saturated carbocycles. The standard InChI is InChI=1S/C20H15NO2/c1-2-6-15(7-3-1)20(19-9-5-13-22-19)23-17-10-11-18-16(14-17)8-4-12-21-18/h1-14,20H. The van der Waals surface area contributed by atoms with Crippen molar-refractivity contribution in [3.8, 4) is 5.75 Å². The number of pyridine rings is 1.